The number of rotatable bonds is 7. The molecule has 0 saturated heterocycles. The molecule has 1 N–H and O–H groups in total. The number of hydrogen-bond donors (Lipinski definition) is 1. The molecule has 0 unspecified atom stereocenters. The Hall–Kier alpha value is -0.830. The summed E-state index contributed by atoms with van der Waals surface area (Å²) < 4.78 is 2.00. The van der Waals surface area contributed by atoms with Gasteiger partial charge in [0.25, 0.3) is 0 Å². The van der Waals surface area contributed by atoms with E-state index >= 15 is 0 Å². The van der Waals surface area contributed by atoms with Gasteiger partial charge in [-0.25, -0.2) is 0 Å². The van der Waals surface area contributed by atoms with Gasteiger partial charge in [0, 0.05) is 18.9 Å². The van der Waals surface area contributed by atoms with Crippen molar-refractivity contribution in [1.82, 2.24) is 15.1 Å². The summed E-state index contributed by atoms with van der Waals surface area (Å²) in [5, 5.41) is 7.75. The predicted octanol–water partition coefficient (Wildman–Crippen LogP) is 2.83. The molecule has 0 bridgehead atoms. The van der Waals surface area contributed by atoms with E-state index in [0.717, 1.165) is 19.0 Å². The Kier molecular flexibility index (Phi) is 5.56. The molecular weight excluding hydrogens is 210 g/mol. The van der Waals surface area contributed by atoms with Crippen LogP contribution >= 0.6 is 0 Å². The Morgan fingerprint density at radius 2 is 2.06 bits per heavy atom. The van der Waals surface area contributed by atoms with Crippen molar-refractivity contribution in [2.45, 2.75) is 51.5 Å². The summed E-state index contributed by atoms with van der Waals surface area (Å²) in [5.74, 6) is 1.00. The summed E-state index contributed by atoms with van der Waals surface area (Å²) in [5.41, 5.74) is 0. The molecule has 0 radical (unpaired) electrons. The van der Waals surface area contributed by atoms with Crippen molar-refractivity contribution in [1.29, 1.82) is 0 Å². The molecule has 1 aromatic rings. The van der Waals surface area contributed by atoms with Crippen LogP contribution in [0.25, 0.3) is 0 Å². The van der Waals surface area contributed by atoms with Crippen LogP contribution in [0, 0.1) is 5.92 Å². The Bertz CT molecular complexity index is 276. The van der Waals surface area contributed by atoms with E-state index in [9.17, 15) is 0 Å². The first kappa shape index (κ1) is 12.6. The predicted molar refractivity (Wildman–Crippen MR) is 70.9 cm³/mol. The lowest BCUT2D eigenvalue weighted by molar-refractivity contribution is 0.333. The molecule has 0 amide bonds. The van der Waals surface area contributed by atoms with Crippen LogP contribution < -0.4 is 5.32 Å². The van der Waals surface area contributed by atoms with Gasteiger partial charge in [-0.1, -0.05) is 32.1 Å². The van der Waals surface area contributed by atoms with E-state index in [4.69, 9.17) is 0 Å². The van der Waals surface area contributed by atoms with E-state index in [2.05, 4.69) is 10.4 Å². The molecule has 1 aliphatic rings. The average molecular weight is 235 g/mol. The highest BCUT2D eigenvalue weighted by atomic mass is 15.3. The molecule has 0 aromatic carbocycles. The minimum atomic E-state index is 1.00. The molecule has 2 rings (SSSR count). The van der Waals surface area contributed by atoms with E-state index in [0.29, 0.717) is 0 Å². The molecule has 0 spiro atoms. The first-order valence-corrected chi connectivity index (χ1v) is 7.13. The van der Waals surface area contributed by atoms with Crippen LogP contribution in [0.15, 0.2) is 18.5 Å². The first-order valence-electron chi connectivity index (χ1n) is 7.13. The highest BCUT2D eigenvalue weighted by Crippen LogP contribution is 2.25. The van der Waals surface area contributed by atoms with Gasteiger partial charge in [-0.3, -0.25) is 4.68 Å². The average Bonchev–Trinajstić information content (AvgIpc) is 2.88. The Morgan fingerprint density at radius 3 is 2.82 bits per heavy atom. The second-order valence-electron chi connectivity index (χ2n) is 5.17. The lowest BCUT2D eigenvalue weighted by Crippen LogP contribution is -2.21. The smallest absolute Gasteiger partial charge is 0.0489 e. The fourth-order valence-electron chi connectivity index (χ4n) is 2.71. The Morgan fingerprint density at radius 1 is 1.18 bits per heavy atom. The van der Waals surface area contributed by atoms with Crippen molar-refractivity contribution in [3.05, 3.63) is 18.5 Å². The SMILES string of the molecule is c1cnn(CCCNCCC2CCCCC2)c1. The summed E-state index contributed by atoms with van der Waals surface area (Å²) in [4.78, 5) is 0. The maximum atomic E-state index is 4.20. The summed E-state index contributed by atoms with van der Waals surface area (Å²) in [6.45, 7) is 3.35. The van der Waals surface area contributed by atoms with Gasteiger partial charge in [0.15, 0.2) is 0 Å². The maximum Gasteiger partial charge on any atom is 0.0489 e. The largest absolute Gasteiger partial charge is 0.317 e. The zero-order chi connectivity index (χ0) is 11.8. The molecular formula is C14H25N3. The van der Waals surface area contributed by atoms with E-state index in [1.54, 1.807) is 0 Å². The minimum Gasteiger partial charge on any atom is -0.317 e. The zero-order valence-electron chi connectivity index (χ0n) is 10.8. The van der Waals surface area contributed by atoms with Crippen LogP contribution in [0.4, 0.5) is 0 Å². The van der Waals surface area contributed by atoms with Crippen LogP contribution in [0.1, 0.15) is 44.9 Å². The molecule has 0 aliphatic heterocycles. The van der Waals surface area contributed by atoms with Crippen LogP contribution in [0.2, 0.25) is 0 Å². The Balaban J connectivity index is 1.43. The molecule has 1 heterocycles. The third-order valence-electron chi connectivity index (χ3n) is 3.75. The summed E-state index contributed by atoms with van der Waals surface area (Å²) in [6.07, 6.45) is 13.7. The van der Waals surface area contributed by atoms with Gasteiger partial charge in [-0.2, -0.15) is 5.10 Å². The number of aromatic nitrogens is 2. The Labute approximate surface area is 105 Å². The van der Waals surface area contributed by atoms with Gasteiger partial charge in [0.1, 0.15) is 0 Å². The number of nitrogens with one attached hydrogen (secondary N) is 1. The molecule has 0 atom stereocenters. The topological polar surface area (TPSA) is 29.9 Å². The van der Waals surface area contributed by atoms with Crippen LogP contribution in [0.3, 0.4) is 0 Å². The quantitative estimate of drug-likeness (QED) is 0.737. The molecule has 96 valence electrons. The van der Waals surface area contributed by atoms with Crippen molar-refractivity contribution in [2.75, 3.05) is 13.1 Å². The molecule has 17 heavy (non-hydrogen) atoms. The summed E-state index contributed by atoms with van der Waals surface area (Å²) >= 11 is 0. The zero-order valence-corrected chi connectivity index (χ0v) is 10.8. The van der Waals surface area contributed by atoms with Gasteiger partial charge >= 0.3 is 0 Å². The number of aryl methyl sites for hydroxylation is 1. The van der Waals surface area contributed by atoms with Crippen molar-refractivity contribution >= 4 is 0 Å². The maximum absolute atomic E-state index is 4.20. The fourth-order valence-corrected chi connectivity index (χ4v) is 2.71. The van der Waals surface area contributed by atoms with Crippen molar-refractivity contribution in [3.8, 4) is 0 Å². The molecule has 3 heteroatoms. The lowest BCUT2D eigenvalue weighted by atomic mass is 9.87. The summed E-state index contributed by atoms with van der Waals surface area (Å²) in [7, 11) is 0. The van der Waals surface area contributed by atoms with Crippen LogP contribution in [-0.4, -0.2) is 22.9 Å². The third kappa shape index (κ3) is 4.90. The second kappa shape index (κ2) is 7.49. The molecule has 1 saturated carbocycles. The molecule has 1 aliphatic carbocycles. The van der Waals surface area contributed by atoms with Gasteiger partial charge < -0.3 is 5.32 Å². The highest BCUT2D eigenvalue weighted by molar-refractivity contribution is 4.77. The van der Waals surface area contributed by atoms with Gasteiger partial charge in [0.05, 0.1) is 0 Å². The normalized spacial score (nSPS) is 17.4. The van der Waals surface area contributed by atoms with E-state index in [1.165, 1.54) is 51.5 Å². The van der Waals surface area contributed by atoms with Gasteiger partial charge in [-0.05, 0) is 37.9 Å². The second-order valence-corrected chi connectivity index (χ2v) is 5.17. The van der Waals surface area contributed by atoms with Gasteiger partial charge in [-0.15, -0.1) is 0 Å². The van der Waals surface area contributed by atoms with Crippen LogP contribution in [-0.2, 0) is 6.54 Å². The summed E-state index contributed by atoms with van der Waals surface area (Å²) in [6, 6.07) is 1.98. The molecule has 1 fully saturated rings. The molecule has 1 aromatic heterocycles. The number of nitrogens with zero attached hydrogens (tertiary/aromatic N) is 2. The lowest BCUT2D eigenvalue weighted by Gasteiger charge is -2.21. The highest BCUT2D eigenvalue weighted by Gasteiger charge is 2.12. The van der Waals surface area contributed by atoms with Crippen molar-refractivity contribution in [3.63, 3.8) is 0 Å². The van der Waals surface area contributed by atoms with Crippen molar-refractivity contribution < 1.29 is 0 Å². The van der Waals surface area contributed by atoms with E-state index in [1.807, 2.05) is 23.1 Å². The number of hydrogen-bond acceptors (Lipinski definition) is 2. The third-order valence-corrected chi connectivity index (χ3v) is 3.75. The van der Waals surface area contributed by atoms with E-state index in [-0.39, 0.29) is 0 Å². The minimum absolute atomic E-state index is 1.00. The van der Waals surface area contributed by atoms with E-state index < -0.39 is 0 Å². The monoisotopic (exact) mass is 235 g/mol. The van der Waals surface area contributed by atoms with Crippen LogP contribution in [0.5, 0.6) is 0 Å². The standard InChI is InChI=1S/C14H25N3/c1-2-6-14(7-3-1)8-11-15-9-4-12-17-13-5-10-16-17/h5,10,13-15H,1-4,6-9,11-12H2. The molecule has 3 nitrogen and oxygen atoms in total. The fraction of sp³-hybridized carbons (Fsp3) is 0.786. The first-order chi connectivity index (χ1) is 8.45. The van der Waals surface area contributed by atoms with Gasteiger partial charge in [0.2, 0.25) is 0 Å². The van der Waals surface area contributed by atoms with Crippen molar-refractivity contribution in [2.24, 2.45) is 5.92 Å².